The highest BCUT2D eigenvalue weighted by Gasteiger charge is 2.07. The standard InChI is InChI=1S/C10H18N2/c1-11-7-9-4-5-10(6-9)8-12(2)3/h4-5,11H,6-8H2,1-3H3. The first-order chi connectivity index (χ1) is 5.72. The van der Waals surface area contributed by atoms with Gasteiger partial charge in [-0.1, -0.05) is 23.3 Å². The average Bonchev–Trinajstić information content (AvgIpc) is 2.36. The Balaban J connectivity index is 2.29. The summed E-state index contributed by atoms with van der Waals surface area (Å²) in [6.45, 7) is 2.11. The molecule has 0 radical (unpaired) electrons. The van der Waals surface area contributed by atoms with Crippen LogP contribution < -0.4 is 5.32 Å². The van der Waals surface area contributed by atoms with Gasteiger partial charge in [0.05, 0.1) is 0 Å². The molecule has 0 fully saturated rings. The molecule has 0 heterocycles. The van der Waals surface area contributed by atoms with E-state index in [1.165, 1.54) is 11.1 Å². The SMILES string of the molecule is CNCC1=CC=C(CN(C)C)C1. The van der Waals surface area contributed by atoms with Crippen LogP contribution in [0.1, 0.15) is 6.42 Å². The highest BCUT2D eigenvalue weighted by Crippen LogP contribution is 2.18. The van der Waals surface area contributed by atoms with E-state index in [2.05, 4.69) is 36.5 Å². The van der Waals surface area contributed by atoms with Crippen molar-refractivity contribution in [2.45, 2.75) is 6.42 Å². The van der Waals surface area contributed by atoms with Crippen LogP contribution in [-0.2, 0) is 0 Å². The van der Waals surface area contributed by atoms with Gasteiger partial charge in [-0.05, 0) is 27.6 Å². The molecule has 1 rings (SSSR count). The zero-order chi connectivity index (χ0) is 8.97. The minimum absolute atomic E-state index is 1.02. The molecule has 0 aromatic rings. The van der Waals surface area contributed by atoms with Crippen LogP contribution in [0.25, 0.3) is 0 Å². The molecule has 0 aliphatic heterocycles. The number of allylic oxidation sites excluding steroid dienone is 2. The van der Waals surface area contributed by atoms with E-state index in [1.54, 1.807) is 0 Å². The van der Waals surface area contributed by atoms with Gasteiger partial charge in [0.2, 0.25) is 0 Å². The van der Waals surface area contributed by atoms with Crippen molar-refractivity contribution < 1.29 is 0 Å². The van der Waals surface area contributed by atoms with E-state index in [-0.39, 0.29) is 0 Å². The summed E-state index contributed by atoms with van der Waals surface area (Å²) in [5.74, 6) is 0. The molecule has 0 bridgehead atoms. The number of hydrogen-bond donors (Lipinski definition) is 1. The van der Waals surface area contributed by atoms with Crippen molar-refractivity contribution in [1.82, 2.24) is 10.2 Å². The summed E-state index contributed by atoms with van der Waals surface area (Å²) in [6, 6.07) is 0. The second-order valence-corrected chi connectivity index (χ2v) is 3.59. The molecular formula is C10H18N2. The summed E-state index contributed by atoms with van der Waals surface area (Å²) in [5.41, 5.74) is 3.01. The Hall–Kier alpha value is -0.600. The fourth-order valence-electron chi connectivity index (χ4n) is 1.51. The summed E-state index contributed by atoms with van der Waals surface area (Å²) in [4.78, 5) is 2.21. The van der Waals surface area contributed by atoms with E-state index < -0.39 is 0 Å². The molecule has 2 heteroatoms. The first-order valence-electron chi connectivity index (χ1n) is 4.39. The highest BCUT2D eigenvalue weighted by atomic mass is 15.0. The quantitative estimate of drug-likeness (QED) is 0.671. The Bertz CT molecular complexity index is 202. The third kappa shape index (κ3) is 2.80. The van der Waals surface area contributed by atoms with Crippen molar-refractivity contribution in [1.29, 1.82) is 0 Å². The molecule has 0 saturated carbocycles. The van der Waals surface area contributed by atoms with Gasteiger partial charge in [-0.2, -0.15) is 0 Å². The predicted molar refractivity (Wildman–Crippen MR) is 53.3 cm³/mol. The van der Waals surface area contributed by atoms with E-state index in [1.807, 2.05) is 7.05 Å². The maximum Gasteiger partial charge on any atom is 0.0193 e. The number of nitrogens with one attached hydrogen (secondary N) is 1. The molecule has 2 nitrogen and oxygen atoms in total. The number of hydrogen-bond acceptors (Lipinski definition) is 2. The number of likely N-dealkylation sites (N-methyl/N-ethyl adjacent to an activating group) is 2. The lowest BCUT2D eigenvalue weighted by Gasteiger charge is -2.11. The zero-order valence-electron chi connectivity index (χ0n) is 8.22. The lowest BCUT2D eigenvalue weighted by Crippen LogP contribution is -2.15. The lowest BCUT2D eigenvalue weighted by molar-refractivity contribution is 0.442. The van der Waals surface area contributed by atoms with Crippen molar-refractivity contribution in [3.05, 3.63) is 23.3 Å². The molecule has 0 spiro atoms. The molecule has 1 N–H and O–H groups in total. The smallest absolute Gasteiger partial charge is 0.0193 e. The van der Waals surface area contributed by atoms with Gasteiger partial charge in [0.25, 0.3) is 0 Å². The summed E-state index contributed by atoms with van der Waals surface area (Å²) >= 11 is 0. The normalized spacial score (nSPS) is 16.7. The Morgan fingerprint density at radius 1 is 1.33 bits per heavy atom. The van der Waals surface area contributed by atoms with Gasteiger partial charge in [0.1, 0.15) is 0 Å². The van der Waals surface area contributed by atoms with E-state index >= 15 is 0 Å². The molecule has 0 aromatic heterocycles. The van der Waals surface area contributed by atoms with Crippen LogP contribution in [0.4, 0.5) is 0 Å². The predicted octanol–water partition coefficient (Wildman–Crippen LogP) is 1.02. The highest BCUT2D eigenvalue weighted by molar-refractivity contribution is 5.31. The van der Waals surface area contributed by atoms with Crippen molar-refractivity contribution in [3.8, 4) is 0 Å². The molecule has 1 aliphatic carbocycles. The first kappa shape index (κ1) is 9.49. The Morgan fingerprint density at radius 3 is 2.58 bits per heavy atom. The molecule has 0 amide bonds. The Morgan fingerprint density at radius 2 is 2.00 bits per heavy atom. The Kier molecular flexibility index (Phi) is 3.50. The van der Waals surface area contributed by atoms with Crippen LogP contribution in [0.5, 0.6) is 0 Å². The molecule has 12 heavy (non-hydrogen) atoms. The van der Waals surface area contributed by atoms with Crippen LogP contribution in [0.15, 0.2) is 23.3 Å². The van der Waals surface area contributed by atoms with Gasteiger partial charge in [0.15, 0.2) is 0 Å². The summed E-state index contributed by atoms with van der Waals surface area (Å²) < 4.78 is 0. The van der Waals surface area contributed by atoms with Crippen LogP contribution in [-0.4, -0.2) is 39.1 Å². The van der Waals surface area contributed by atoms with Crippen LogP contribution >= 0.6 is 0 Å². The van der Waals surface area contributed by atoms with E-state index in [4.69, 9.17) is 0 Å². The largest absolute Gasteiger partial charge is 0.316 e. The minimum atomic E-state index is 1.02. The van der Waals surface area contributed by atoms with Gasteiger partial charge < -0.3 is 10.2 Å². The third-order valence-electron chi connectivity index (χ3n) is 1.93. The minimum Gasteiger partial charge on any atom is -0.316 e. The van der Waals surface area contributed by atoms with Crippen molar-refractivity contribution in [2.75, 3.05) is 34.2 Å². The Labute approximate surface area is 74.9 Å². The summed E-state index contributed by atoms with van der Waals surface area (Å²) in [6.07, 6.45) is 5.63. The monoisotopic (exact) mass is 166 g/mol. The van der Waals surface area contributed by atoms with Crippen molar-refractivity contribution >= 4 is 0 Å². The van der Waals surface area contributed by atoms with Crippen molar-refractivity contribution in [3.63, 3.8) is 0 Å². The van der Waals surface area contributed by atoms with Crippen LogP contribution in [0.2, 0.25) is 0 Å². The summed E-state index contributed by atoms with van der Waals surface area (Å²) in [5, 5.41) is 3.17. The molecular weight excluding hydrogens is 148 g/mol. The lowest BCUT2D eigenvalue weighted by atomic mass is 10.1. The van der Waals surface area contributed by atoms with Gasteiger partial charge in [-0.3, -0.25) is 0 Å². The van der Waals surface area contributed by atoms with E-state index in [0.29, 0.717) is 0 Å². The molecule has 0 saturated heterocycles. The van der Waals surface area contributed by atoms with Gasteiger partial charge in [0, 0.05) is 13.1 Å². The maximum absolute atomic E-state index is 3.17. The van der Waals surface area contributed by atoms with Gasteiger partial charge >= 0.3 is 0 Å². The molecule has 0 unspecified atom stereocenters. The molecule has 1 aliphatic rings. The fourth-order valence-corrected chi connectivity index (χ4v) is 1.51. The van der Waals surface area contributed by atoms with Crippen molar-refractivity contribution in [2.24, 2.45) is 0 Å². The molecule has 0 atom stereocenters. The van der Waals surface area contributed by atoms with Crippen LogP contribution in [0.3, 0.4) is 0 Å². The average molecular weight is 166 g/mol. The van der Waals surface area contributed by atoms with E-state index in [9.17, 15) is 0 Å². The van der Waals surface area contributed by atoms with Gasteiger partial charge in [-0.25, -0.2) is 0 Å². The first-order valence-corrected chi connectivity index (χ1v) is 4.39. The fraction of sp³-hybridized carbons (Fsp3) is 0.600. The summed E-state index contributed by atoms with van der Waals surface area (Å²) in [7, 11) is 6.21. The second-order valence-electron chi connectivity index (χ2n) is 3.59. The molecule has 68 valence electrons. The van der Waals surface area contributed by atoms with Gasteiger partial charge in [-0.15, -0.1) is 0 Å². The topological polar surface area (TPSA) is 15.3 Å². The zero-order valence-corrected chi connectivity index (χ0v) is 8.22. The third-order valence-corrected chi connectivity index (χ3v) is 1.93. The van der Waals surface area contributed by atoms with Crippen LogP contribution in [0, 0.1) is 0 Å². The number of nitrogens with zero attached hydrogens (tertiary/aromatic N) is 1. The van der Waals surface area contributed by atoms with E-state index in [0.717, 1.165) is 19.5 Å². The second kappa shape index (κ2) is 4.43. The number of rotatable bonds is 4. The molecule has 0 aromatic carbocycles. The maximum atomic E-state index is 3.17.